The molecule has 0 unspecified atom stereocenters. The van der Waals surface area contributed by atoms with Gasteiger partial charge in [0.15, 0.2) is 0 Å². The van der Waals surface area contributed by atoms with Gasteiger partial charge >= 0.3 is 247 Å². The van der Waals surface area contributed by atoms with Crippen molar-refractivity contribution in [1.82, 2.24) is 0 Å². The van der Waals surface area contributed by atoms with Gasteiger partial charge in [-0.2, -0.15) is 0 Å². The molecule has 1 aromatic heterocycles. The fraction of sp³-hybridized carbons (Fsp3) is 0. The van der Waals surface area contributed by atoms with Crippen LogP contribution in [0.3, 0.4) is 0 Å². The Labute approximate surface area is 246 Å². The van der Waals surface area contributed by atoms with Gasteiger partial charge in [0, 0.05) is 0 Å². The van der Waals surface area contributed by atoms with Gasteiger partial charge < -0.3 is 0 Å². The molecular weight excluding hydrogens is 559 g/mol. The van der Waals surface area contributed by atoms with Crippen LogP contribution in [0.25, 0.3) is 84.6 Å². The normalized spacial score (nSPS) is 12.6. The van der Waals surface area contributed by atoms with E-state index in [2.05, 4.69) is 109 Å². The molecule has 9 rings (SSSR count). The van der Waals surface area contributed by atoms with Gasteiger partial charge in [0.25, 0.3) is 0 Å². The average Bonchev–Trinajstić information content (AvgIpc) is 3.44. The summed E-state index contributed by atoms with van der Waals surface area (Å²) in [6, 6.07) is 48.4. The fourth-order valence-electron chi connectivity index (χ4n) is 6.57. The molecule has 0 radical (unpaired) electrons. The van der Waals surface area contributed by atoms with Crippen molar-refractivity contribution < 1.29 is 2.74 Å². The maximum absolute atomic E-state index is 8.98. The zero-order chi connectivity index (χ0) is 28.7. The Kier molecular flexibility index (Phi) is 4.59. The molecule has 0 nitrogen and oxygen atoms in total. The van der Waals surface area contributed by atoms with Crippen molar-refractivity contribution in [2.75, 3.05) is 0 Å². The molecule has 0 aliphatic heterocycles. The first kappa shape index (κ1) is 21.1. The standard InChI is InChI=1S/C40H24Se/c1-5-14-30-25(10-1)22-26-11-2-6-15-31(26)38(30)29-20-21-37-36(24-29)34-18-9-19-35(40(34)41-37)39-32-16-7-3-12-27(32)23-28-13-4-8-17-33(28)39/h1-24H/i22D,23D. The van der Waals surface area contributed by atoms with Crippen LogP contribution in [0.4, 0.5) is 0 Å². The Morgan fingerprint density at radius 2 is 0.902 bits per heavy atom. The topological polar surface area (TPSA) is 0 Å². The predicted octanol–water partition coefficient (Wildman–Crippen LogP) is 11.0. The van der Waals surface area contributed by atoms with E-state index in [0.717, 1.165) is 43.1 Å². The van der Waals surface area contributed by atoms with Crippen molar-refractivity contribution in [2.45, 2.75) is 0 Å². The Balaban J connectivity index is 1.36. The molecule has 8 aromatic carbocycles. The summed E-state index contributed by atoms with van der Waals surface area (Å²) in [6.45, 7) is 0. The second kappa shape index (κ2) is 8.91. The molecule has 190 valence electrons. The third-order valence-electron chi connectivity index (χ3n) is 8.38. The molecule has 0 amide bonds. The van der Waals surface area contributed by atoms with E-state index in [4.69, 9.17) is 2.74 Å². The summed E-state index contributed by atoms with van der Waals surface area (Å²) in [7, 11) is 0. The monoisotopic (exact) mass is 586 g/mol. The minimum atomic E-state index is 0.150. The van der Waals surface area contributed by atoms with Crippen LogP contribution in [0.15, 0.2) is 146 Å². The van der Waals surface area contributed by atoms with E-state index in [1.165, 1.54) is 41.5 Å². The van der Waals surface area contributed by atoms with Gasteiger partial charge in [0.2, 0.25) is 0 Å². The Morgan fingerprint density at radius 3 is 1.46 bits per heavy atom. The van der Waals surface area contributed by atoms with Crippen LogP contribution in [-0.2, 0) is 0 Å². The molecule has 0 N–H and O–H groups in total. The Bertz CT molecular complexity index is 2480. The van der Waals surface area contributed by atoms with E-state index in [-0.39, 0.29) is 14.5 Å². The minimum absolute atomic E-state index is 0.150. The number of rotatable bonds is 2. The molecule has 9 aromatic rings. The van der Waals surface area contributed by atoms with Gasteiger partial charge in [-0.25, -0.2) is 0 Å². The van der Waals surface area contributed by atoms with Crippen molar-refractivity contribution in [3.8, 4) is 22.3 Å². The van der Waals surface area contributed by atoms with Crippen LogP contribution in [-0.4, -0.2) is 14.5 Å². The van der Waals surface area contributed by atoms with Crippen molar-refractivity contribution in [3.63, 3.8) is 0 Å². The zero-order valence-corrected chi connectivity index (χ0v) is 23.8. The predicted molar refractivity (Wildman–Crippen MR) is 179 cm³/mol. The van der Waals surface area contributed by atoms with Gasteiger partial charge in [0.1, 0.15) is 0 Å². The van der Waals surface area contributed by atoms with E-state index in [1.54, 1.807) is 0 Å². The van der Waals surface area contributed by atoms with Crippen LogP contribution in [0.2, 0.25) is 0 Å². The van der Waals surface area contributed by atoms with Gasteiger partial charge in [-0.3, -0.25) is 0 Å². The number of benzene rings is 8. The van der Waals surface area contributed by atoms with Gasteiger partial charge in [-0.05, 0) is 0 Å². The van der Waals surface area contributed by atoms with E-state index < -0.39 is 0 Å². The molecule has 0 aliphatic rings. The van der Waals surface area contributed by atoms with Crippen LogP contribution in [0, 0.1) is 0 Å². The summed E-state index contributed by atoms with van der Waals surface area (Å²) in [6.07, 6.45) is 0. The van der Waals surface area contributed by atoms with E-state index in [0.29, 0.717) is 12.1 Å². The summed E-state index contributed by atoms with van der Waals surface area (Å²) in [5.74, 6) is 0. The van der Waals surface area contributed by atoms with E-state index >= 15 is 0 Å². The second-order valence-electron chi connectivity index (χ2n) is 10.7. The fourth-order valence-corrected chi connectivity index (χ4v) is 9.10. The summed E-state index contributed by atoms with van der Waals surface area (Å²) in [5.41, 5.74) is 4.90. The molecule has 0 fully saturated rings. The third kappa shape index (κ3) is 3.47. The first-order valence-electron chi connectivity index (χ1n) is 14.9. The molecule has 0 saturated heterocycles. The molecule has 0 saturated carbocycles. The summed E-state index contributed by atoms with van der Waals surface area (Å²) in [4.78, 5) is 0. The van der Waals surface area contributed by atoms with Crippen molar-refractivity contribution >= 4 is 76.9 Å². The first-order chi connectivity index (χ1) is 21.2. The quantitative estimate of drug-likeness (QED) is 0.140. The maximum atomic E-state index is 8.98. The Morgan fingerprint density at radius 1 is 0.415 bits per heavy atom. The van der Waals surface area contributed by atoms with Crippen LogP contribution in [0.5, 0.6) is 0 Å². The molecular formula is C40H24Se. The summed E-state index contributed by atoms with van der Waals surface area (Å²) in [5, 5.41) is 11.1. The molecule has 0 bridgehead atoms. The average molecular weight is 586 g/mol. The van der Waals surface area contributed by atoms with Crippen LogP contribution < -0.4 is 0 Å². The van der Waals surface area contributed by atoms with Crippen LogP contribution in [0.1, 0.15) is 2.74 Å². The van der Waals surface area contributed by atoms with Crippen molar-refractivity contribution in [2.24, 2.45) is 0 Å². The van der Waals surface area contributed by atoms with Crippen molar-refractivity contribution in [3.05, 3.63) is 146 Å². The summed E-state index contributed by atoms with van der Waals surface area (Å²) >= 11 is 0.150. The van der Waals surface area contributed by atoms with Crippen molar-refractivity contribution in [1.29, 1.82) is 0 Å². The molecule has 0 aliphatic carbocycles. The zero-order valence-electron chi connectivity index (χ0n) is 24.1. The molecule has 1 heteroatoms. The second-order valence-corrected chi connectivity index (χ2v) is 12.9. The molecule has 1 heterocycles. The molecule has 0 spiro atoms. The van der Waals surface area contributed by atoms with Crippen LogP contribution >= 0.6 is 0 Å². The number of hydrogen-bond donors (Lipinski definition) is 0. The molecule has 41 heavy (non-hydrogen) atoms. The molecule has 0 atom stereocenters. The first-order valence-corrected chi connectivity index (χ1v) is 15.7. The number of fused-ring (bicyclic) bond motifs is 7. The number of hydrogen-bond acceptors (Lipinski definition) is 0. The van der Waals surface area contributed by atoms with E-state index in [1.807, 2.05) is 24.3 Å². The van der Waals surface area contributed by atoms with E-state index in [9.17, 15) is 0 Å². The van der Waals surface area contributed by atoms with Gasteiger partial charge in [-0.15, -0.1) is 0 Å². The third-order valence-corrected chi connectivity index (χ3v) is 10.9. The van der Waals surface area contributed by atoms with Gasteiger partial charge in [-0.1, -0.05) is 0 Å². The van der Waals surface area contributed by atoms with Gasteiger partial charge in [0.05, 0.1) is 0 Å². The summed E-state index contributed by atoms with van der Waals surface area (Å²) < 4.78 is 20.7. The SMILES string of the molecule is [2H]c1c2ccccc2c(-c2ccc3[se]c4c(-c5c6ccccc6c([2H])c6ccccc56)cccc4c3c2)c2ccccc12. The Hall–Kier alpha value is -4.68.